The lowest BCUT2D eigenvalue weighted by atomic mass is 9.94. The average Bonchev–Trinajstić information content (AvgIpc) is 2.62. The molecule has 0 radical (unpaired) electrons. The van der Waals surface area contributed by atoms with Gasteiger partial charge in [-0.05, 0) is 42.8 Å². The van der Waals surface area contributed by atoms with Gasteiger partial charge in [0.1, 0.15) is 10.9 Å². The quantitative estimate of drug-likeness (QED) is 0.385. The van der Waals surface area contributed by atoms with E-state index in [1.54, 1.807) is 5.32 Å². The molecule has 0 bridgehead atoms. The van der Waals surface area contributed by atoms with Gasteiger partial charge in [0.25, 0.3) is 5.91 Å². The van der Waals surface area contributed by atoms with Gasteiger partial charge in [-0.3, -0.25) is 9.59 Å². The van der Waals surface area contributed by atoms with Gasteiger partial charge >= 0.3 is 6.18 Å². The Labute approximate surface area is 188 Å². The van der Waals surface area contributed by atoms with Crippen molar-refractivity contribution in [1.82, 2.24) is 5.32 Å². The molecule has 2 N–H and O–H groups in total. The van der Waals surface area contributed by atoms with Crippen LogP contribution in [0.1, 0.15) is 28.8 Å². The molecule has 0 aliphatic carbocycles. The zero-order valence-electron chi connectivity index (χ0n) is 15.6. The van der Waals surface area contributed by atoms with Crippen molar-refractivity contribution in [3.63, 3.8) is 0 Å². The summed E-state index contributed by atoms with van der Waals surface area (Å²) >= 11 is 18.0. The Balaban J connectivity index is 2.30. The third-order valence-corrected chi connectivity index (χ3v) is 4.74. The van der Waals surface area contributed by atoms with Crippen LogP contribution in [0.25, 0.3) is 0 Å². The van der Waals surface area contributed by atoms with Crippen LogP contribution in [0.2, 0.25) is 5.02 Å². The number of alkyl halides is 5. The van der Waals surface area contributed by atoms with Gasteiger partial charge in [-0.1, -0.05) is 17.7 Å². The van der Waals surface area contributed by atoms with E-state index >= 15 is 0 Å². The van der Waals surface area contributed by atoms with E-state index in [4.69, 9.17) is 34.8 Å². The number of halogens is 8. The molecule has 2 aromatic rings. The van der Waals surface area contributed by atoms with Crippen LogP contribution in [0.15, 0.2) is 36.4 Å². The summed E-state index contributed by atoms with van der Waals surface area (Å²) < 4.78 is 62.1. The highest BCUT2D eigenvalue weighted by Crippen LogP contribution is 2.39. The number of rotatable bonds is 6. The summed E-state index contributed by atoms with van der Waals surface area (Å²) in [4.78, 5) is 24.8. The van der Waals surface area contributed by atoms with E-state index in [0.717, 1.165) is 24.3 Å². The van der Waals surface area contributed by atoms with Crippen LogP contribution in [-0.4, -0.2) is 28.9 Å². The maximum absolute atomic E-state index is 13.6. The smallest absolute Gasteiger partial charge is 0.343 e. The molecule has 0 spiro atoms. The number of amides is 2. The molecule has 12 heteroatoms. The zero-order chi connectivity index (χ0) is 23.6. The van der Waals surface area contributed by atoms with Gasteiger partial charge in [0.05, 0.1) is 16.5 Å². The maximum atomic E-state index is 13.6. The van der Waals surface area contributed by atoms with E-state index in [-0.39, 0.29) is 21.8 Å². The van der Waals surface area contributed by atoms with E-state index < -0.39 is 46.4 Å². The first kappa shape index (κ1) is 25.2. The Morgan fingerprint density at radius 3 is 2.23 bits per heavy atom. The van der Waals surface area contributed by atoms with Crippen LogP contribution in [-0.2, 0) is 4.79 Å². The second-order valence-electron chi connectivity index (χ2n) is 6.54. The first-order chi connectivity index (χ1) is 14.2. The van der Waals surface area contributed by atoms with Gasteiger partial charge in [0.15, 0.2) is 11.6 Å². The summed E-state index contributed by atoms with van der Waals surface area (Å²) in [6.45, 7) is -0.312. The summed E-state index contributed by atoms with van der Waals surface area (Å²) in [6.07, 6.45) is -4.63. The Hall–Kier alpha value is -2.10. The minimum atomic E-state index is -4.63. The van der Waals surface area contributed by atoms with E-state index in [1.807, 2.05) is 0 Å². The van der Waals surface area contributed by atoms with Crippen molar-refractivity contribution < 1.29 is 31.5 Å². The summed E-state index contributed by atoms with van der Waals surface area (Å²) in [5, 5.41) is 3.90. The third-order valence-electron chi connectivity index (χ3n) is 3.97. The number of nitrogens with one attached hydrogen (secondary N) is 2. The largest absolute Gasteiger partial charge is 0.405 e. The maximum Gasteiger partial charge on any atom is 0.405 e. The Morgan fingerprint density at radius 2 is 1.68 bits per heavy atom. The van der Waals surface area contributed by atoms with Crippen molar-refractivity contribution in [3.05, 3.63) is 64.2 Å². The van der Waals surface area contributed by atoms with Gasteiger partial charge in [0, 0.05) is 5.69 Å². The predicted molar refractivity (Wildman–Crippen MR) is 108 cm³/mol. The van der Waals surface area contributed by atoms with Crippen LogP contribution < -0.4 is 10.6 Å². The first-order valence-electron chi connectivity index (χ1n) is 8.47. The normalized spacial score (nSPS) is 12.9. The first-order valence-corrected chi connectivity index (χ1v) is 9.60. The van der Waals surface area contributed by atoms with Gasteiger partial charge in [-0.15, -0.1) is 23.2 Å². The molecule has 2 rings (SSSR count). The number of carbonyl (C=O) groups is 2. The SMILES string of the molecule is CC(Cl)(Cl)C(C(=O)Nc1ccc(Cl)c(C(=O)NCC(F)(F)F)c1)c1ccc(F)c(F)c1. The third kappa shape index (κ3) is 6.95. The fourth-order valence-corrected chi connectivity index (χ4v) is 3.29. The number of hydrogen-bond donors (Lipinski definition) is 2. The highest BCUT2D eigenvalue weighted by atomic mass is 35.5. The van der Waals surface area contributed by atoms with Crippen LogP contribution in [0.4, 0.5) is 27.6 Å². The number of anilines is 1. The highest BCUT2D eigenvalue weighted by molar-refractivity contribution is 6.50. The predicted octanol–water partition coefficient (Wildman–Crippen LogP) is 5.83. The topological polar surface area (TPSA) is 58.2 Å². The highest BCUT2D eigenvalue weighted by Gasteiger charge is 2.38. The second-order valence-corrected chi connectivity index (χ2v) is 8.72. The molecule has 31 heavy (non-hydrogen) atoms. The Morgan fingerprint density at radius 1 is 1.03 bits per heavy atom. The fourth-order valence-electron chi connectivity index (χ4n) is 2.63. The zero-order valence-corrected chi connectivity index (χ0v) is 17.9. The molecule has 0 aliphatic heterocycles. The summed E-state index contributed by atoms with van der Waals surface area (Å²) in [7, 11) is 0. The van der Waals surface area contributed by atoms with Crippen LogP contribution in [0, 0.1) is 11.6 Å². The summed E-state index contributed by atoms with van der Waals surface area (Å²) in [5.41, 5.74) is -0.370. The lowest BCUT2D eigenvalue weighted by Crippen LogP contribution is -2.34. The molecule has 2 amide bonds. The average molecular weight is 504 g/mol. The molecule has 0 aromatic heterocycles. The molecule has 1 atom stereocenters. The molecule has 0 saturated heterocycles. The van der Waals surface area contributed by atoms with Gasteiger partial charge < -0.3 is 10.6 Å². The van der Waals surface area contributed by atoms with Crippen molar-refractivity contribution in [3.8, 4) is 0 Å². The summed E-state index contributed by atoms with van der Waals surface area (Å²) in [6, 6.07) is 6.21. The molecule has 0 saturated carbocycles. The minimum absolute atomic E-state index is 0.0169. The molecular weight excluding hydrogens is 490 g/mol. The van der Waals surface area contributed by atoms with Gasteiger partial charge in [-0.25, -0.2) is 8.78 Å². The number of carbonyl (C=O) groups excluding carboxylic acids is 2. The summed E-state index contributed by atoms with van der Waals surface area (Å²) in [5.74, 6) is -5.69. The number of benzene rings is 2. The van der Waals surface area contributed by atoms with Gasteiger partial charge in [-0.2, -0.15) is 13.2 Å². The molecule has 2 aromatic carbocycles. The van der Waals surface area contributed by atoms with Crippen LogP contribution >= 0.6 is 34.8 Å². The van der Waals surface area contributed by atoms with E-state index in [2.05, 4.69) is 5.32 Å². The van der Waals surface area contributed by atoms with Gasteiger partial charge in [0.2, 0.25) is 5.91 Å². The minimum Gasteiger partial charge on any atom is -0.343 e. The Bertz CT molecular complexity index is 993. The van der Waals surface area contributed by atoms with E-state index in [9.17, 15) is 31.5 Å². The molecule has 1 unspecified atom stereocenters. The lowest BCUT2D eigenvalue weighted by molar-refractivity contribution is -0.123. The standard InChI is InChI=1S/C19H14Cl3F5N2O2/c1-18(21,22)15(9-2-5-13(23)14(24)6-9)17(31)29-10-3-4-12(20)11(7-10)16(30)28-8-19(25,26)27/h2-7,15H,8H2,1H3,(H,28,30)(H,29,31). The molecule has 0 aliphatic rings. The van der Waals surface area contributed by atoms with Crippen LogP contribution in [0.5, 0.6) is 0 Å². The molecule has 4 nitrogen and oxygen atoms in total. The van der Waals surface area contributed by atoms with Crippen molar-refractivity contribution in [2.75, 3.05) is 11.9 Å². The monoisotopic (exact) mass is 502 g/mol. The molecule has 0 fully saturated rings. The van der Waals surface area contributed by atoms with E-state index in [0.29, 0.717) is 0 Å². The lowest BCUT2D eigenvalue weighted by Gasteiger charge is -2.26. The molecule has 168 valence electrons. The van der Waals surface area contributed by atoms with Crippen molar-refractivity contribution in [1.29, 1.82) is 0 Å². The van der Waals surface area contributed by atoms with Crippen molar-refractivity contribution in [2.45, 2.75) is 23.4 Å². The van der Waals surface area contributed by atoms with Crippen molar-refractivity contribution >= 4 is 52.3 Å². The van der Waals surface area contributed by atoms with Crippen molar-refractivity contribution in [2.24, 2.45) is 0 Å². The molecular formula is C19H14Cl3F5N2O2. The number of hydrogen-bond acceptors (Lipinski definition) is 2. The second kappa shape index (κ2) is 9.58. The molecule has 0 heterocycles. The Kier molecular flexibility index (Phi) is 7.78. The van der Waals surface area contributed by atoms with E-state index in [1.165, 1.54) is 19.1 Å². The van der Waals surface area contributed by atoms with Crippen LogP contribution in [0.3, 0.4) is 0 Å². The fraction of sp³-hybridized carbons (Fsp3) is 0.263.